The quantitative estimate of drug-likeness (QED) is 0.772. The molecule has 112 valence electrons. The monoisotopic (exact) mass is 299 g/mol. The largest absolute Gasteiger partial charge is 0.370 e. The van der Waals surface area contributed by atoms with Gasteiger partial charge in [-0.3, -0.25) is 0 Å². The lowest BCUT2D eigenvalue weighted by atomic mass is 10.1. The normalized spacial score (nSPS) is 15.9. The summed E-state index contributed by atoms with van der Waals surface area (Å²) in [4.78, 5) is 8.43. The van der Waals surface area contributed by atoms with Gasteiger partial charge in [-0.15, -0.1) is 0 Å². The first-order valence-corrected chi connectivity index (χ1v) is 8.61. The molecule has 0 unspecified atom stereocenters. The van der Waals surface area contributed by atoms with Crippen molar-refractivity contribution in [1.82, 2.24) is 14.3 Å². The average Bonchev–Trinajstić information content (AvgIpc) is 2.37. The number of aromatic nitrogens is 2. The summed E-state index contributed by atoms with van der Waals surface area (Å²) in [5.41, 5.74) is 7.40. The van der Waals surface area contributed by atoms with Crippen molar-refractivity contribution < 1.29 is 8.42 Å². The third kappa shape index (κ3) is 3.37. The van der Waals surface area contributed by atoms with Crippen LogP contribution in [0.25, 0.3) is 0 Å². The van der Waals surface area contributed by atoms with Crippen molar-refractivity contribution >= 4 is 21.8 Å². The molecule has 1 aromatic rings. The van der Waals surface area contributed by atoms with Crippen LogP contribution in [0.5, 0.6) is 0 Å². The molecule has 0 saturated heterocycles. The van der Waals surface area contributed by atoms with Crippen molar-refractivity contribution in [3.63, 3.8) is 0 Å². The molecule has 8 heteroatoms. The molecule has 0 aromatic carbocycles. The molecular weight excluding hydrogens is 278 g/mol. The number of hydrogen-bond donors (Lipinski definition) is 2. The Hall–Kier alpha value is -1.41. The Balaban J connectivity index is 2.28. The lowest BCUT2D eigenvalue weighted by molar-refractivity contribution is 0.391. The standard InChI is InChI=1S/C12H21N5O2S/c1-3-4-6-14-11-9-8-17(20(2,18)19)7-5-10(9)15-12(13)16-11/h3-8H2,1-2H3,(H3,13,14,15,16). The number of nitrogens with one attached hydrogen (secondary N) is 1. The number of anilines is 2. The summed E-state index contributed by atoms with van der Waals surface area (Å²) in [5.74, 6) is 0.893. The molecule has 1 aliphatic rings. The lowest BCUT2D eigenvalue weighted by Crippen LogP contribution is -2.36. The van der Waals surface area contributed by atoms with E-state index in [2.05, 4.69) is 22.2 Å². The summed E-state index contributed by atoms with van der Waals surface area (Å²) >= 11 is 0. The number of rotatable bonds is 5. The van der Waals surface area contributed by atoms with E-state index in [-0.39, 0.29) is 5.95 Å². The zero-order chi connectivity index (χ0) is 14.8. The van der Waals surface area contributed by atoms with Crippen molar-refractivity contribution in [3.8, 4) is 0 Å². The first-order valence-electron chi connectivity index (χ1n) is 6.76. The maximum Gasteiger partial charge on any atom is 0.222 e. The van der Waals surface area contributed by atoms with Crippen molar-refractivity contribution in [2.24, 2.45) is 0 Å². The fourth-order valence-corrected chi connectivity index (χ4v) is 3.01. The number of nitrogens with two attached hydrogens (primary N) is 1. The first-order chi connectivity index (χ1) is 9.41. The molecule has 0 radical (unpaired) electrons. The number of nitrogens with zero attached hydrogens (tertiary/aromatic N) is 3. The smallest absolute Gasteiger partial charge is 0.222 e. The predicted molar refractivity (Wildman–Crippen MR) is 78.8 cm³/mol. The Bertz CT molecular complexity index is 588. The molecule has 20 heavy (non-hydrogen) atoms. The fraction of sp³-hybridized carbons (Fsp3) is 0.667. The van der Waals surface area contributed by atoms with Crippen molar-refractivity contribution in [1.29, 1.82) is 0 Å². The van der Waals surface area contributed by atoms with Crippen LogP contribution in [0.4, 0.5) is 11.8 Å². The molecule has 0 saturated carbocycles. The highest BCUT2D eigenvalue weighted by molar-refractivity contribution is 7.88. The number of hydrogen-bond acceptors (Lipinski definition) is 6. The van der Waals surface area contributed by atoms with Gasteiger partial charge in [-0.1, -0.05) is 13.3 Å². The predicted octanol–water partition coefficient (Wildman–Crippen LogP) is 0.588. The van der Waals surface area contributed by atoms with Gasteiger partial charge >= 0.3 is 0 Å². The summed E-state index contributed by atoms with van der Waals surface area (Å²) < 4.78 is 24.8. The molecule has 0 aliphatic carbocycles. The van der Waals surface area contributed by atoms with Crippen LogP contribution < -0.4 is 11.1 Å². The second kappa shape index (κ2) is 5.92. The summed E-state index contributed by atoms with van der Waals surface area (Å²) in [6.07, 6.45) is 3.89. The van der Waals surface area contributed by atoms with Gasteiger partial charge < -0.3 is 11.1 Å². The van der Waals surface area contributed by atoms with E-state index in [4.69, 9.17) is 5.73 Å². The van der Waals surface area contributed by atoms with Crippen LogP contribution in [0, 0.1) is 0 Å². The average molecular weight is 299 g/mol. The van der Waals surface area contributed by atoms with Crippen LogP contribution in [-0.4, -0.2) is 42.0 Å². The van der Waals surface area contributed by atoms with Crippen molar-refractivity contribution in [2.75, 3.05) is 30.4 Å². The van der Waals surface area contributed by atoms with E-state index in [9.17, 15) is 8.42 Å². The molecule has 0 atom stereocenters. The molecule has 0 fully saturated rings. The minimum absolute atomic E-state index is 0.232. The highest BCUT2D eigenvalue weighted by Gasteiger charge is 2.27. The van der Waals surface area contributed by atoms with Crippen LogP contribution in [-0.2, 0) is 23.0 Å². The maximum atomic E-state index is 11.7. The third-order valence-corrected chi connectivity index (χ3v) is 4.58. The number of nitrogen functional groups attached to an aromatic ring is 1. The molecule has 2 rings (SSSR count). The topological polar surface area (TPSA) is 101 Å². The van der Waals surface area contributed by atoms with Crippen molar-refractivity contribution in [3.05, 3.63) is 11.3 Å². The van der Waals surface area contributed by atoms with E-state index in [1.165, 1.54) is 10.6 Å². The second-order valence-electron chi connectivity index (χ2n) is 4.98. The Morgan fingerprint density at radius 3 is 2.80 bits per heavy atom. The second-order valence-corrected chi connectivity index (χ2v) is 6.96. The highest BCUT2D eigenvalue weighted by atomic mass is 32.2. The van der Waals surface area contributed by atoms with E-state index in [0.717, 1.165) is 30.6 Å². The third-order valence-electron chi connectivity index (χ3n) is 3.33. The number of sulfonamides is 1. The van der Waals surface area contributed by atoms with Crippen LogP contribution in [0.2, 0.25) is 0 Å². The Labute approximate surface area is 119 Å². The SMILES string of the molecule is CCCCNc1nc(N)nc2c1CN(S(C)(=O)=O)CC2. The molecule has 3 N–H and O–H groups in total. The Kier molecular flexibility index (Phi) is 4.44. The van der Waals surface area contributed by atoms with Crippen molar-refractivity contribution in [2.45, 2.75) is 32.7 Å². The lowest BCUT2D eigenvalue weighted by Gasteiger charge is -2.27. The number of fused-ring (bicyclic) bond motifs is 1. The molecule has 0 amide bonds. The van der Waals surface area contributed by atoms with Gasteiger partial charge in [0.25, 0.3) is 0 Å². The van der Waals surface area contributed by atoms with Gasteiger partial charge in [0, 0.05) is 31.6 Å². The van der Waals surface area contributed by atoms with Crippen LogP contribution in [0.15, 0.2) is 0 Å². The minimum atomic E-state index is -3.20. The van der Waals surface area contributed by atoms with Crippen LogP contribution in [0.3, 0.4) is 0 Å². The van der Waals surface area contributed by atoms with Crippen LogP contribution in [0.1, 0.15) is 31.0 Å². The zero-order valence-electron chi connectivity index (χ0n) is 11.9. The molecule has 7 nitrogen and oxygen atoms in total. The minimum Gasteiger partial charge on any atom is -0.370 e. The van der Waals surface area contributed by atoms with Gasteiger partial charge in [0.15, 0.2) is 0 Å². The summed E-state index contributed by atoms with van der Waals surface area (Å²) in [7, 11) is -3.20. The van der Waals surface area contributed by atoms with Crippen LogP contribution >= 0.6 is 0 Å². The van der Waals surface area contributed by atoms with E-state index < -0.39 is 10.0 Å². The van der Waals surface area contributed by atoms with E-state index in [1.807, 2.05) is 0 Å². The molecule has 1 aromatic heterocycles. The Morgan fingerprint density at radius 1 is 1.40 bits per heavy atom. The zero-order valence-corrected chi connectivity index (χ0v) is 12.7. The van der Waals surface area contributed by atoms with Gasteiger partial charge in [0.2, 0.25) is 16.0 Å². The molecule has 2 heterocycles. The summed E-state index contributed by atoms with van der Waals surface area (Å²) in [6.45, 7) is 3.65. The van der Waals surface area contributed by atoms with E-state index >= 15 is 0 Å². The van der Waals surface area contributed by atoms with Gasteiger partial charge in [0.1, 0.15) is 5.82 Å². The molecular formula is C12H21N5O2S. The van der Waals surface area contributed by atoms with Gasteiger partial charge in [0.05, 0.1) is 11.9 Å². The van der Waals surface area contributed by atoms with E-state index in [0.29, 0.717) is 25.3 Å². The van der Waals surface area contributed by atoms with Gasteiger partial charge in [-0.25, -0.2) is 13.4 Å². The molecule has 0 bridgehead atoms. The fourth-order valence-electron chi connectivity index (χ4n) is 2.22. The highest BCUT2D eigenvalue weighted by Crippen LogP contribution is 2.25. The molecule has 0 spiro atoms. The summed E-state index contributed by atoms with van der Waals surface area (Å²) in [5, 5.41) is 3.23. The Morgan fingerprint density at radius 2 is 2.15 bits per heavy atom. The number of unbranched alkanes of at least 4 members (excludes halogenated alkanes) is 1. The first kappa shape index (κ1) is 15.0. The van der Waals surface area contributed by atoms with E-state index in [1.54, 1.807) is 0 Å². The molecule has 1 aliphatic heterocycles. The van der Waals surface area contributed by atoms with Gasteiger partial charge in [-0.05, 0) is 6.42 Å². The van der Waals surface area contributed by atoms with Gasteiger partial charge in [-0.2, -0.15) is 9.29 Å². The summed E-state index contributed by atoms with van der Waals surface area (Å²) in [6, 6.07) is 0. The maximum absolute atomic E-state index is 11.7.